The average molecular weight is 231 g/mol. The van der Waals surface area contributed by atoms with Gasteiger partial charge in [-0.3, -0.25) is 0 Å². The number of hydrogen-bond donors (Lipinski definition) is 2. The van der Waals surface area contributed by atoms with Crippen molar-refractivity contribution in [3.8, 4) is 0 Å². The van der Waals surface area contributed by atoms with Crippen LogP contribution in [0, 0.1) is 11.8 Å². The van der Waals surface area contributed by atoms with Crippen LogP contribution < -0.4 is 5.32 Å². The maximum atomic E-state index is 11.2. The smallest absolute Gasteiger partial charge is 0.0953 e. The van der Waals surface area contributed by atoms with Gasteiger partial charge >= 0.3 is 0 Å². The first-order chi connectivity index (χ1) is 8.32. The highest BCUT2D eigenvalue weighted by atomic mass is 16.3. The van der Waals surface area contributed by atoms with Crippen LogP contribution >= 0.6 is 0 Å². The molecule has 0 bridgehead atoms. The molecule has 0 amide bonds. The Kier molecular flexibility index (Phi) is 2.93. The summed E-state index contributed by atoms with van der Waals surface area (Å²) in [5, 5.41) is 14.6. The molecule has 1 aliphatic heterocycles. The molecule has 0 radical (unpaired) electrons. The lowest BCUT2D eigenvalue weighted by Gasteiger charge is -2.39. The van der Waals surface area contributed by atoms with Crippen LogP contribution in [0.4, 0.5) is 0 Å². The number of nitrogens with one attached hydrogen (secondary N) is 1. The summed E-state index contributed by atoms with van der Waals surface area (Å²) >= 11 is 0. The van der Waals surface area contributed by atoms with Crippen molar-refractivity contribution in [1.29, 1.82) is 0 Å². The fourth-order valence-electron chi connectivity index (χ4n) is 3.30. The largest absolute Gasteiger partial charge is 0.385 e. The summed E-state index contributed by atoms with van der Waals surface area (Å²) in [7, 11) is 0. The summed E-state index contributed by atoms with van der Waals surface area (Å²) in [5.41, 5.74) is 0.568. The number of rotatable bonds is 3. The van der Waals surface area contributed by atoms with Crippen LogP contribution in [0.5, 0.6) is 0 Å². The Bertz CT molecular complexity index is 368. The molecular weight excluding hydrogens is 210 g/mol. The molecule has 1 unspecified atom stereocenters. The molecule has 92 valence electrons. The van der Waals surface area contributed by atoms with E-state index in [0.717, 1.165) is 31.5 Å². The van der Waals surface area contributed by atoms with Crippen LogP contribution in [0.2, 0.25) is 0 Å². The van der Waals surface area contributed by atoms with E-state index < -0.39 is 5.60 Å². The lowest BCUT2D eigenvalue weighted by atomic mass is 9.73. The molecular formula is C15H21NO. The predicted octanol–water partition coefficient (Wildman–Crippen LogP) is 2.28. The molecule has 1 atom stereocenters. The highest BCUT2D eigenvalue weighted by Gasteiger charge is 2.50. The van der Waals surface area contributed by atoms with Crippen LogP contribution in [0.3, 0.4) is 0 Å². The molecule has 1 aromatic carbocycles. The Morgan fingerprint density at radius 1 is 0.941 bits per heavy atom. The van der Waals surface area contributed by atoms with E-state index in [0.29, 0.717) is 11.8 Å². The van der Waals surface area contributed by atoms with Gasteiger partial charge in [0, 0.05) is 0 Å². The van der Waals surface area contributed by atoms with Crippen molar-refractivity contribution in [2.45, 2.75) is 31.3 Å². The van der Waals surface area contributed by atoms with Gasteiger partial charge in [-0.1, -0.05) is 30.3 Å². The molecule has 0 spiro atoms. The van der Waals surface area contributed by atoms with E-state index in [1.54, 1.807) is 0 Å². The summed E-state index contributed by atoms with van der Waals surface area (Å²) in [6.45, 7) is 2.10. The van der Waals surface area contributed by atoms with Crippen molar-refractivity contribution in [3.63, 3.8) is 0 Å². The summed E-state index contributed by atoms with van der Waals surface area (Å²) in [4.78, 5) is 0. The Balaban J connectivity index is 1.92. The summed E-state index contributed by atoms with van der Waals surface area (Å²) in [6.07, 6.45) is 4.58. The molecule has 17 heavy (non-hydrogen) atoms. The van der Waals surface area contributed by atoms with E-state index in [1.165, 1.54) is 12.8 Å². The molecule has 2 fully saturated rings. The van der Waals surface area contributed by atoms with Crippen LogP contribution in [-0.2, 0) is 5.60 Å². The number of aliphatic hydroxyl groups is 1. The third-order valence-corrected chi connectivity index (χ3v) is 4.40. The van der Waals surface area contributed by atoms with Gasteiger partial charge in [-0.15, -0.1) is 0 Å². The maximum Gasteiger partial charge on any atom is 0.0953 e. The van der Waals surface area contributed by atoms with Gasteiger partial charge in [0.1, 0.15) is 0 Å². The van der Waals surface area contributed by atoms with Gasteiger partial charge in [0.15, 0.2) is 0 Å². The van der Waals surface area contributed by atoms with E-state index in [2.05, 4.69) is 17.4 Å². The Morgan fingerprint density at radius 3 is 2.12 bits per heavy atom. The molecule has 1 saturated carbocycles. The zero-order valence-electron chi connectivity index (χ0n) is 10.2. The van der Waals surface area contributed by atoms with Crippen molar-refractivity contribution in [2.24, 2.45) is 11.8 Å². The second kappa shape index (κ2) is 4.43. The number of hydrogen-bond acceptors (Lipinski definition) is 2. The first-order valence-corrected chi connectivity index (χ1v) is 6.80. The van der Waals surface area contributed by atoms with Crippen molar-refractivity contribution in [1.82, 2.24) is 5.32 Å². The minimum absolute atomic E-state index is 0.429. The monoisotopic (exact) mass is 231 g/mol. The number of benzene rings is 1. The standard InChI is InChI=1S/C15H21NO/c17-15(13-6-7-13,12-4-2-1-3-5-12)14-8-10-16-11-9-14/h1-5,13-14,16-17H,6-11H2. The normalized spacial score (nSPS) is 25.5. The third kappa shape index (κ3) is 2.00. The molecule has 1 aromatic rings. The minimum atomic E-state index is -0.566. The molecule has 1 saturated heterocycles. The first-order valence-electron chi connectivity index (χ1n) is 6.80. The zero-order chi connectivity index (χ0) is 11.7. The Labute approximate surface area is 103 Å². The maximum absolute atomic E-state index is 11.2. The van der Waals surface area contributed by atoms with Gasteiger partial charge in [0.2, 0.25) is 0 Å². The molecule has 3 rings (SSSR count). The lowest BCUT2D eigenvalue weighted by Crippen LogP contribution is -2.43. The second-order valence-electron chi connectivity index (χ2n) is 5.49. The second-order valence-corrected chi connectivity index (χ2v) is 5.49. The zero-order valence-corrected chi connectivity index (χ0v) is 10.2. The van der Waals surface area contributed by atoms with Crippen LogP contribution in [-0.4, -0.2) is 18.2 Å². The molecule has 2 nitrogen and oxygen atoms in total. The predicted molar refractivity (Wildman–Crippen MR) is 68.7 cm³/mol. The fraction of sp³-hybridized carbons (Fsp3) is 0.600. The van der Waals surface area contributed by atoms with Gasteiger partial charge in [0.05, 0.1) is 5.60 Å². The van der Waals surface area contributed by atoms with Crippen LogP contribution in [0.15, 0.2) is 30.3 Å². The molecule has 0 aromatic heterocycles. The van der Waals surface area contributed by atoms with E-state index in [9.17, 15) is 5.11 Å². The molecule has 1 heterocycles. The highest BCUT2D eigenvalue weighted by Crippen LogP contribution is 2.51. The molecule has 2 heteroatoms. The van der Waals surface area contributed by atoms with Gasteiger partial charge in [-0.2, -0.15) is 0 Å². The third-order valence-electron chi connectivity index (χ3n) is 4.40. The van der Waals surface area contributed by atoms with Gasteiger partial charge in [0.25, 0.3) is 0 Å². The van der Waals surface area contributed by atoms with Gasteiger partial charge < -0.3 is 10.4 Å². The van der Waals surface area contributed by atoms with Crippen molar-refractivity contribution < 1.29 is 5.11 Å². The van der Waals surface area contributed by atoms with Gasteiger partial charge in [-0.05, 0) is 56.2 Å². The number of piperidine rings is 1. The highest BCUT2D eigenvalue weighted by molar-refractivity contribution is 5.26. The Hall–Kier alpha value is -0.860. The van der Waals surface area contributed by atoms with E-state index in [1.807, 2.05) is 18.2 Å². The lowest BCUT2D eigenvalue weighted by molar-refractivity contribution is -0.0563. The molecule has 1 aliphatic carbocycles. The van der Waals surface area contributed by atoms with E-state index in [-0.39, 0.29) is 0 Å². The summed E-state index contributed by atoms with van der Waals surface area (Å²) in [6, 6.07) is 10.3. The van der Waals surface area contributed by atoms with Crippen molar-refractivity contribution >= 4 is 0 Å². The topological polar surface area (TPSA) is 32.3 Å². The molecule has 2 N–H and O–H groups in total. The minimum Gasteiger partial charge on any atom is -0.385 e. The van der Waals surface area contributed by atoms with Crippen molar-refractivity contribution in [3.05, 3.63) is 35.9 Å². The summed E-state index contributed by atoms with van der Waals surface area (Å²) < 4.78 is 0. The SMILES string of the molecule is OC(c1ccccc1)(C1CCNCC1)C1CC1. The van der Waals surface area contributed by atoms with Crippen molar-refractivity contribution in [2.75, 3.05) is 13.1 Å². The average Bonchev–Trinajstić information content (AvgIpc) is 3.24. The molecule has 2 aliphatic rings. The Morgan fingerprint density at radius 2 is 1.53 bits per heavy atom. The van der Waals surface area contributed by atoms with E-state index >= 15 is 0 Å². The fourth-order valence-corrected chi connectivity index (χ4v) is 3.30. The van der Waals surface area contributed by atoms with Gasteiger partial charge in [-0.25, -0.2) is 0 Å². The van der Waals surface area contributed by atoms with Crippen LogP contribution in [0.1, 0.15) is 31.2 Å². The quantitative estimate of drug-likeness (QED) is 0.836. The van der Waals surface area contributed by atoms with E-state index in [4.69, 9.17) is 0 Å². The van der Waals surface area contributed by atoms with Crippen LogP contribution in [0.25, 0.3) is 0 Å². The summed E-state index contributed by atoms with van der Waals surface area (Å²) in [5.74, 6) is 0.923. The first kappa shape index (κ1) is 11.2.